The van der Waals surface area contributed by atoms with Crippen molar-refractivity contribution < 1.29 is 23.0 Å². The van der Waals surface area contributed by atoms with E-state index < -0.39 is 17.5 Å². The number of carbonyl (C=O) groups excluding carboxylic acids is 1. The van der Waals surface area contributed by atoms with E-state index in [0.29, 0.717) is 17.9 Å². The summed E-state index contributed by atoms with van der Waals surface area (Å²) in [7, 11) is 0. The van der Waals surface area contributed by atoms with Crippen molar-refractivity contribution in [2.24, 2.45) is 0 Å². The zero-order chi connectivity index (χ0) is 16.9. The van der Waals surface area contributed by atoms with Gasteiger partial charge in [-0.1, -0.05) is 12.1 Å². The smallest absolute Gasteiger partial charge is 0.259 e. The van der Waals surface area contributed by atoms with Crippen LogP contribution in [0.3, 0.4) is 0 Å². The van der Waals surface area contributed by atoms with Crippen LogP contribution in [0, 0.1) is 11.6 Å². The summed E-state index contributed by atoms with van der Waals surface area (Å²) in [5.74, 6) is -1.60. The van der Waals surface area contributed by atoms with Gasteiger partial charge in [0, 0.05) is 18.4 Å². The zero-order valence-corrected chi connectivity index (χ0v) is 12.9. The van der Waals surface area contributed by atoms with E-state index in [4.69, 9.17) is 9.47 Å². The predicted octanol–water partition coefficient (Wildman–Crippen LogP) is 3.77. The lowest BCUT2D eigenvalue weighted by atomic mass is 10.1. The van der Waals surface area contributed by atoms with Gasteiger partial charge in [0.1, 0.15) is 24.0 Å². The second-order valence-electron chi connectivity index (χ2n) is 5.55. The molecule has 1 aliphatic rings. The number of benzene rings is 2. The van der Waals surface area contributed by atoms with Crippen LogP contribution in [0.25, 0.3) is 0 Å². The lowest BCUT2D eigenvalue weighted by molar-refractivity contribution is 0.0673. The van der Waals surface area contributed by atoms with Crippen molar-refractivity contribution in [1.29, 1.82) is 0 Å². The fourth-order valence-electron chi connectivity index (χ4n) is 2.56. The monoisotopic (exact) mass is 333 g/mol. The van der Waals surface area contributed by atoms with E-state index in [-0.39, 0.29) is 11.8 Å². The highest BCUT2D eigenvalue weighted by Crippen LogP contribution is 2.22. The fourth-order valence-corrected chi connectivity index (χ4v) is 2.56. The first kappa shape index (κ1) is 16.4. The number of amides is 1. The Bertz CT molecular complexity index is 710. The minimum atomic E-state index is -0.756. The van der Waals surface area contributed by atoms with E-state index in [1.54, 1.807) is 24.3 Å². The molecule has 1 fully saturated rings. The molecule has 2 aromatic rings. The Morgan fingerprint density at radius 1 is 1.21 bits per heavy atom. The maximum atomic E-state index is 13.2. The fraction of sp³-hybridized carbons (Fsp3) is 0.278. The standard InChI is InChI=1S/C18H17F2NO3/c19-12-8-13(20)10-14(9-12)21-18(22)16-5-1-2-6-17(16)24-11-15-4-3-7-23-15/h1-2,5-6,8-10,15H,3-4,7,11H2,(H,21,22)/t15-/m0/s1. The van der Waals surface area contributed by atoms with Crippen LogP contribution in [0.4, 0.5) is 14.5 Å². The van der Waals surface area contributed by atoms with Crippen molar-refractivity contribution in [3.8, 4) is 5.75 Å². The number of ether oxygens (including phenoxy) is 2. The molecule has 1 N–H and O–H groups in total. The minimum Gasteiger partial charge on any atom is -0.490 e. The number of halogens is 2. The molecule has 3 rings (SSSR count). The van der Waals surface area contributed by atoms with Crippen LogP contribution in [0.2, 0.25) is 0 Å². The van der Waals surface area contributed by atoms with Crippen molar-refractivity contribution in [3.05, 3.63) is 59.7 Å². The Hall–Kier alpha value is -2.47. The van der Waals surface area contributed by atoms with Crippen LogP contribution in [0.15, 0.2) is 42.5 Å². The molecule has 1 saturated heterocycles. The Balaban J connectivity index is 1.71. The van der Waals surface area contributed by atoms with E-state index in [2.05, 4.69) is 5.32 Å². The SMILES string of the molecule is O=C(Nc1cc(F)cc(F)c1)c1ccccc1OC[C@@H]1CCCO1. The maximum absolute atomic E-state index is 13.2. The largest absolute Gasteiger partial charge is 0.490 e. The van der Waals surface area contributed by atoms with Crippen molar-refractivity contribution in [2.45, 2.75) is 18.9 Å². The molecule has 0 aliphatic carbocycles. The summed E-state index contributed by atoms with van der Waals surface area (Å²) in [6.45, 7) is 1.08. The summed E-state index contributed by atoms with van der Waals surface area (Å²) in [6.07, 6.45) is 1.96. The molecule has 1 amide bonds. The van der Waals surface area contributed by atoms with Gasteiger partial charge in [0.25, 0.3) is 5.91 Å². The summed E-state index contributed by atoms with van der Waals surface area (Å²) in [5, 5.41) is 2.48. The van der Waals surface area contributed by atoms with Crippen molar-refractivity contribution in [1.82, 2.24) is 0 Å². The number of carbonyl (C=O) groups is 1. The van der Waals surface area contributed by atoms with E-state index in [9.17, 15) is 13.6 Å². The zero-order valence-electron chi connectivity index (χ0n) is 12.9. The molecule has 0 radical (unpaired) electrons. The van der Waals surface area contributed by atoms with Gasteiger partial charge < -0.3 is 14.8 Å². The Morgan fingerprint density at radius 2 is 1.96 bits per heavy atom. The van der Waals surface area contributed by atoms with Gasteiger partial charge in [-0.15, -0.1) is 0 Å². The second-order valence-corrected chi connectivity index (χ2v) is 5.55. The van der Waals surface area contributed by atoms with Crippen LogP contribution in [-0.4, -0.2) is 25.2 Å². The number of hydrogen-bond donors (Lipinski definition) is 1. The number of para-hydroxylation sites is 1. The molecular weight excluding hydrogens is 316 g/mol. The van der Waals surface area contributed by atoms with Crippen LogP contribution in [-0.2, 0) is 4.74 Å². The molecule has 2 aromatic carbocycles. The minimum absolute atomic E-state index is 0.0263. The van der Waals surface area contributed by atoms with E-state index in [1.165, 1.54) is 0 Å². The average Bonchev–Trinajstić information content (AvgIpc) is 3.05. The first-order chi connectivity index (χ1) is 11.6. The quantitative estimate of drug-likeness (QED) is 0.906. The van der Waals surface area contributed by atoms with E-state index in [1.807, 2.05) is 0 Å². The van der Waals surface area contributed by atoms with E-state index >= 15 is 0 Å². The van der Waals surface area contributed by atoms with Crippen LogP contribution in [0.5, 0.6) is 5.75 Å². The molecular formula is C18H17F2NO3. The molecule has 6 heteroatoms. The topological polar surface area (TPSA) is 47.6 Å². The molecule has 1 atom stereocenters. The second kappa shape index (κ2) is 7.40. The Morgan fingerprint density at radius 3 is 2.67 bits per heavy atom. The van der Waals surface area contributed by atoms with Gasteiger partial charge in [-0.05, 0) is 37.1 Å². The normalized spacial score (nSPS) is 16.8. The van der Waals surface area contributed by atoms with Crippen molar-refractivity contribution in [3.63, 3.8) is 0 Å². The molecule has 24 heavy (non-hydrogen) atoms. The summed E-state index contributed by atoms with van der Waals surface area (Å²) >= 11 is 0. The lowest BCUT2D eigenvalue weighted by Crippen LogP contribution is -2.19. The number of rotatable bonds is 5. The summed E-state index contributed by atoms with van der Waals surface area (Å²) in [6, 6.07) is 9.57. The van der Waals surface area contributed by atoms with Gasteiger partial charge in [-0.2, -0.15) is 0 Å². The maximum Gasteiger partial charge on any atom is 0.259 e. The van der Waals surface area contributed by atoms with Gasteiger partial charge >= 0.3 is 0 Å². The Kier molecular flexibility index (Phi) is 5.05. The van der Waals surface area contributed by atoms with Crippen molar-refractivity contribution >= 4 is 11.6 Å². The van der Waals surface area contributed by atoms with Gasteiger partial charge in [-0.3, -0.25) is 4.79 Å². The summed E-state index contributed by atoms with van der Waals surface area (Å²) in [5.41, 5.74) is 0.339. The molecule has 4 nitrogen and oxygen atoms in total. The number of anilines is 1. The summed E-state index contributed by atoms with van der Waals surface area (Å²) in [4.78, 5) is 12.4. The first-order valence-corrected chi connectivity index (χ1v) is 7.73. The van der Waals surface area contributed by atoms with Crippen molar-refractivity contribution in [2.75, 3.05) is 18.5 Å². The molecule has 0 unspecified atom stereocenters. The highest BCUT2D eigenvalue weighted by Gasteiger charge is 2.18. The molecule has 0 bridgehead atoms. The highest BCUT2D eigenvalue weighted by molar-refractivity contribution is 6.06. The molecule has 0 saturated carbocycles. The third kappa shape index (κ3) is 4.08. The van der Waals surface area contributed by atoms with Gasteiger partial charge in [0.05, 0.1) is 11.7 Å². The molecule has 0 aromatic heterocycles. The van der Waals surface area contributed by atoms with Gasteiger partial charge in [-0.25, -0.2) is 8.78 Å². The van der Waals surface area contributed by atoms with Crippen LogP contribution >= 0.6 is 0 Å². The first-order valence-electron chi connectivity index (χ1n) is 7.73. The molecule has 1 heterocycles. The molecule has 126 valence electrons. The molecule has 1 aliphatic heterocycles. The number of nitrogens with one attached hydrogen (secondary N) is 1. The van der Waals surface area contributed by atoms with E-state index in [0.717, 1.165) is 37.6 Å². The molecule has 0 spiro atoms. The Labute approximate surface area is 138 Å². The lowest BCUT2D eigenvalue weighted by Gasteiger charge is -2.14. The summed E-state index contributed by atoms with van der Waals surface area (Å²) < 4.78 is 37.6. The number of hydrogen-bond acceptors (Lipinski definition) is 3. The van der Waals surface area contributed by atoms with Gasteiger partial charge in [0.15, 0.2) is 0 Å². The van der Waals surface area contributed by atoms with Gasteiger partial charge in [0.2, 0.25) is 0 Å². The third-order valence-electron chi connectivity index (χ3n) is 3.70. The third-order valence-corrected chi connectivity index (χ3v) is 3.70. The average molecular weight is 333 g/mol. The van der Waals surface area contributed by atoms with Crippen LogP contribution < -0.4 is 10.1 Å². The predicted molar refractivity (Wildman–Crippen MR) is 85.2 cm³/mol. The highest BCUT2D eigenvalue weighted by atomic mass is 19.1. The van der Waals surface area contributed by atoms with Crippen LogP contribution in [0.1, 0.15) is 23.2 Å².